The molecule has 0 heterocycles. The van der Waals surface area contributed by atoms with E-state index in [2.05, 4.69) is 21.1 Å². The first-order chi connectivity index (χ1) is 15.1. The van der Waals surface area contributed by atoms with Crippen molar-refractivity contribution in [3.8, 4) is 11.5 Å². The van der Waals surface area contributed by atoms with Gasteiger partial charge in [0.05, 0.1) is 19.5 Å². The fourth-order valence-electron chi connectivity index (χ4n) is 2.60. The number of phenols is 1. The summed E-state index contributed by atoms with van der Waals surface area (Å²) in [6.07, 6.45) is 2.58. The van der Waals surface area contributed by atoms with E-state index in [4.69, 9.17) is 4.74 Å². The molecule has 0 aliphatic carbocycles. The predicted octanol–water partition coefficient (Wildman–Crippen LogP) is 2.93. The average molecular weight is 416 g/mol. The van der Waals surface area contributed by atoms with Crippen molar-refractivity contribution in [1.29, 1.82) is 0 Å². The van der Waals surface area contributed by atoms with Crippen LogP contribution in [0.5, 0.6) is 11.5 Å². The molecule has 156 valence electrons. The van der Waals surface area contributed by atoms with Gasteiger partial charge in [-0.1, -0.05) is 36.4 Å². The van der Waals surface area contributed by atoms with Crippen molar-refractivity contribution < 1.29 is 19.4 Å². The van der Waals surface area contributed by atoms with E-state index in [1.54, 1.807) is 72.8 Å². The monoisotopic (exact) mass is 416 g/mol. The van der Waals surface area contributed by atoms with Crippen molar-refractivity contribution in [3.63, 3.8) is 0 Å². The molecule has 0 spiro atoms. The van der Waals surface area contributed by atoms with Crippen LogP contribution in [0.25, 0.3) is 0 Å². The zero-order valence-electron chi connectivity index (χ0n) is 16.6. The number of phenolic OH excluding ortho intramolecular Hbond substituents is 1. The number of rotatable bonds is 7. The molecule has 3 rings (SSSR count). The number of hydrazone groups is 2. The first-order valence-electron chi connectivity index (χ1n) is 9.26. The Bertz CT molecular complexity index is 1030. The van der Waals surface area contributed by atoms with Crippen LogP contribution in [-0.4, -0.2) is 36.5 Å². The third-order valence-electron chi connectivity index (χ3n) is 4.19. The molecule has 0 aliphatic rings. The molecule has 0 aliphatic heterocycles. The van der Waals surface area contributed by atoms with Crippen LogP contribution in [0, 0.1) is 0 Å². The summed E-state index contributed by atoms with van der Waals surface area (Å²) >= 11 is 0. The SMILES string of the molecule is COc1cc(C=NNC(=O)c2ccccc2)c(O)c(C=NNC(=O)c2ccccc2)c1. The Morgan fingerprint density at radius 1 is 0.806 bits per heavy atom. The Morgan fingerprint density at radius 3 is 1.61 bits per heavy atom. The lowest BCUT2D eigenvalue weighted by Gasteiger charge is -2.07. The summed E-state index contributed by atoms with van der Waals surface area (Å²) < 4.78 is 5.23. The number of carbonyl (C=O) groups excluding carboxylic acids is 2. The fraction of sp³-hybridized carbons (Fsp3) is 0.0435. The summed E-state index contributed by atoms with van der Waals surface area (Å²) in [5.74, 6) is -0.477. The molecule has 31 heavy (non-hydrogen) atoms. The maximum atomic E-state index is 12.1. The van der Waals surface area contributed by atoms with Gasteiger partial charge in [0.25, 0.3) is 11.8 Å². The number of hydrogen-bond acceptors (Lipinski definition) is 6. The maximum absolute atomic E-state index is 12.1. The van der Waals surface area contributed by atoms with Crippen molar-refractivity contribution in [1.82, 2.24) is 10.9 Å². The van der Waals surface area contributed by atoms with Gasteiger partial charge in [-0.3, -0.25) is 9.59 Å². The van der Waals surface area contributed by atoms with Crippen molar-refractivity contribution in [2.24, 2.45) is 10.2 Å². The molecule has 0 radical (unpaired) electrons. The zero-order valence-corrected chi connectivity index (χ0v) is 16.6. The van der Waals surface area contributed by atoms with Crippen LogP contribution in [0.3, 0.4) is 0 Å². The summed E-state index contributed by atoms with van der Waals surface area (Å²) in [5.41, 5.74) is 6.29. The minimum absolute atomic E-state index is 0.142. The van der Waals surface area contributed by atoms with Crippen molar-refractivity contribution in [2.75, 3.05) is 7.11 Å². The van der Waals surface area contributed by atoms with Gasteiger partial charge in [-0.15, -0.1) is 0 Å². The highest BCUT2D eigenvalue weighted by atomic mass is 16.5. The molecular weight excluding hydrogens is 396 g/mol. The Morgan fingerprint density at radius 2 is 1.23 bits per heavy atom. The van der Waals surface area contributed by atoms with Gasteiger partial charge in [0.1, 0.15) is 11.5 Å². The van der Waals surface area contributed by atoms with E-state index in [9.17, 15) is 14.7 Å². The second-order valence-electron chi connectivity index (χ2n) is 6.28. The molecule has 3 aromatic rings. The van der Waals surface area contributed by atoms with Crippen molar-refractivity contribution in [3.05, 3.63) is 95.1 Å². The van der Waals surface area contributed by atoms with E-state index in [0.717, 1.165) is 0 Å². The number of nitrogens with zero attached hydrogens (tertiary/aromatic N) is 2. The third-order valence-corrected chi connectivity index (χ3v) is 4.19. The number of hydrogen-bond donors (Lipinski definition) is 3. The van der Waals surface area contributed by atoms with E-state index in [-0.39, 0.29) is 17.6 Å². The quantitative estimate of drug-likeness (QED) is 0.406. The zero-order chi connectivity index (χ0) is 22.1. The second-order valence-corrected chi connectivity index (χ2v) is 6.28. The van der Waals surface area contributed by atoms with Crippen molar-refractivity contribution >= 4 is 24.2 Å². The highest BCUT2D eigenvalue weighted by Crippen LogP contribution is 2.26. The first-order valence-corrected chi connectivity index (χ1v) is 9.26. The van der Waals surface area contributed by atoms with Gasteiger partial charge in [-0.05, 0) is 36.4 Å². The van der Waals surface area contributed by atoms with Gasteiger partial charge in [0, 0.05) is 22.3 Å². The Kier molecular flexibility index (Phi) is 7.10. The van der Waals surface area contributed by atoms with E-state index < -0.39 is 0 Å². The number of ether oxygens (including phenoxy) is 1. The van der Waals surface area contributed by atoms with Crippen LogP contribution in [0.15, 0.2) is 83.0 Å². The molecule has 2 amide bonds. The average Bonchev–Trinajstić information content (AvgIpc) is 2.82. The normalized spacial score (nSPS) is 10.9. The molecule has 0 unspecified atom stereocenters. The molecule has 3 aromatic carbocycles. The summed E-state index contributed by atoms with van der Waals surface area (Å²) in [7, 11) is 1.47. The lowest BCUT2D eigenvalue weighted by Crippen LogP contribution is -2.17. The topological polar surface area (TPSA) is 112 Å². The molecule has 0 bridgehead atoms. The van der Waals surface area contributed by atoms with Gasteiger partial charge in [0.2, 0.25) is 0 Å². The van der Waals surface area contributed by atoms with Crippen molar-refractivity contribution in [2.45, 2.75) is 0 Å². The fourth-order valence-corrected chi connectivity index (χ4v) is 2.60. The van der Waals surface area contributed by atoms with E-state index in [0.29, 0.717) is 28.0 Å². The first kappa shape index (κ1) is 21.3. The lowest BCUT2D eigenvalue weighted by molar-refractivity contribution is 0.0947. The summed E-state index contributed by atoms with van der Waals surface area (Å²) in [6, 6.07) is 20.3. The van der Waals surface area contributed by atoms with Crippen LogP contribution >= 0.6 is 0 Å². The molecule has 0 fully saturated rings. The minimum Gasteiger partial charge on any atom is -0.507 e. The molecule has 0 atom stereocenters. The highest BCUT2D eigenvalue weighted by Gasteiger charge is 2.09. The summed E-state index contributed by atoms with van der Waals surface area (Å²) in [4.78, 5) is 24.1. The number of aromatic hydroxyl groups is 1. The standard InChI is InChI=1S/C23H20N4O4/c1-31-20-12-18(14-24-26-22(29)16-8-4-2-5-9-16)21(28)19(13-20)15-25-27-23(30)17-10-6-3-7-11-17/h2-15,28H,1H3,(H,26,29)(H,27,30). The van der Waals surface area contributed by atoms with Gasteiger partial charge in [0.15, 0.2) is 0 Å². The smallest absolute Gasteiger partial charge is 0.271 e. The summed E-state index contributed by atoms with van der Waals surface area (Å²) in [6.45, 7) is 0. The van der Waals surface area contributed by atoms with E-state index in [1.807, 2.05) is 0 Å². The number of carbonyl (C=O) groups is 2. The van der Waals surface area contributed by atoms with Crippen LogP contribution in [-0.2, 0) is 0 Å². The molecule has 0 saturated carbocycles. The Hall–Kier alpha value is -4.46. The van der Waals surface area contributed by atoms with Crippen LogP contribution in [0.4, 0.5) is 0 Å². The van der Waals surface area contributed by atoms with Gasteiger partial charge in [-0.25, -0.2) is 10.9 Å². The molecule has 8 nitrogen and oxygen atoms in total. The number of benzene rings is 3. The predicted molar refractivity (Wildman–Crippen MR) is 118 cm³/mol. The van der Waals surface area contributed by atoms with Gasteiger partial charge >= 0.3 is 0 Å². The van der Waals surface area contributed by atoms with Crippen LogP contribution < -0.4 is 15.6 Å². The number of methoxy groups -OCH3 is 1. The molecule has 8 heteroatoms. The third kappa shape index (κ3) is 5.77. The lowest BCUT2D eigenvalue weighted by atomic mass is 10.1. The summed E-state index contributed by atoms with van der Waals surface area (Å²) in [5, 5.41) is 18.3. The largest absolute Gasteiger partial charge is 0.507 e. The van der Waals surface area contributed by atoms with Gasteiger partial charge in [-0.2, -0.15) is 10.2 Å². The molecular formula is C23H20N4O4. The van der Waals surface area contributed by atoms with Crippen LogP contribution in [0.2, 0.25) is 0 Å². The van der Waals surface area contributed by atoms with Crippen LogP contribution in [0.1, 0.15) is 31.8 Å². The number of nitrogens with one attached hydrogen (secondary N) is 2. The minimum atomic E-state index is -0.385. The van der Waals surface area contributed by atoms with E-state index in [1.165, 1.54) is 19.5 Å². The van der Waals surface area contributed by atoms with E-state index >= 15 is 0 Å². The maximum Gasteiger partial charge on any atom is 0.271 e. The Balaban J connectivity index is 1.72. The van der Waals surface area contributed by atoms with Gasteiger partial charge < -0.3 is 9.84 Å². The molecule has 3 N–H and O–H groups in total. The molecule has 0 aromatic heterocycles. The highest BCUT2D eigenvalue weighted by molar-refractivity contribution is 5.97. The second kappa shape index (κ2) is 10.4. The molecule has 0 saturated heterocycles. The Labute approximate surface area is 178 Å². The number of amides is 2.